The van der Waals surface area contributed by atoms with Gasteiger partial charge in [0.2, 0.25) is 5.95 Å². The van der Waals surface area contributed by atoms with Crippen LogP contribution in [-0.2, 0) is 14.3 Å². The minimum absolute atomic E-state index is 0.0141. The molecule has 8 heteroatoms. The summed E-state index contributed by atoms with van der Waals surface area (Å²) in [7, 11) is 1.64. The Morgan fingerprint density at radius 1 is 1.32 bits per heavy atom. The highest BCUT2D eigenvalue weighted by atomic mass is 16.5. The molecule has 0 aromatic carbocycles. The maximum atomic E-state index is 12.9. The molecule has 8 nitrogen and oxygen atoms in total. The van der Waals surface area contributed by atoms with Crippen molar-refractivity contribution >= 4 is 11.9 Å². The second-order valence-corrected chi connectivity index (χ2v) is 8.02. The first kappa shape index (κ1) is 19.5. The summed E-state index contributed by atoms with van der Waals surface area (Å²) in [5, 5.41) is 6.50. The Hall–Kier alpha value is -1.77. The molecule has 1 aromatic heterocycles. The molecule has 0 radical (unpaired) electrons. The summed E-state index contributed by atoms with van der Waals surface area (Å²) in [4.78, 5) is 24.4. The van der Waals surface area contributed by atoms with E-state index in [1.165, 1.54) is 0 Å². The molecule has 3 fully saturated rings. The van der Waals surface area contributed by atoms with E-state index in [1.807, 2.05) is 12.3 Å². The molecule has 0 bridgehead atoms. The van der Waals surface area contributed by atoms with Crippen LogP contribution in [0.25, 0.3) is 0 Å². The number of aromatic nitrogens is 2. The van der Waals surface area contributed by atoms with Gasteiger partial charge in [0.15, 0.2) is 0 Å². The number of ether oxygens (including phenoxy) is 2. The molecule has 4 rings (SSSR count). The zero-order valence-corrected chi connectivity index (χ0v) is 16.7. The number of piperidine rings is 1. The molecule has 1 aromatic rings. The Morgan fingerprint density at radius 3 is 2.86 bits per heavy atom. The van der Waals surface area contributed by atoms with Gasteiger partial charge < -0.3 is 25.0 Å². The lowest BCUT2D eigenvalue weighted by Gasteiger charge is -2.35. The summed E-state index contributed by atoms with van der Waals surface area (Å²) in [5.74, 6) is 1.24. The zero-order valence-electron chi connectivity index (χ0n) is 16.7. The molecule has 3 aliphatic heterocycles. The van der Waals surface area contributed by atoms with Crippen molar-refractivity contribution in [1.29, 1.82) is 0 Å². The topological polar surface area (TPSA) is 88.6 Å². The van der Waals surface area contributed by atoms with Crippen LogP contribution in [0.4, 0.5) is 5.95 Å². The Morgan fingerprint density at radius 2 is 2.11 bits per heavy atom. The number of methoxy groups -OCH3 is 1. The molecule has 4 heterocycles. The van der Waals surface area contributed by atoms with E-state index in [4.69, 9.17) is 14.5 Å². The standard InChI is InChI=1S/C20H31N5O3/c1-27-20(6-9-21-10-7-20)18(26)23-16-3-11-25(14-16)19-22-8-2-17(24-19)15-4-12-28-13-5-15/h2,8,15-16,21H,3-7,9-14H2,1H3,(H,23,26). The van der Waals surface area contributed by atoms with Gasteiger partial charge in [-0.05, 0) is 51.3 Å². The Balaban J connectivity index is 1.37. The van der Waals surface area contributed by atoms with Crippen molar-refractivity contribution in [2.45, 2.75) is 49.7 Å². The molecule has 0 aliphatic carbocycles. The van der Waals surface area contributed by atoms with E-state index in [-0.39, 0.29) is 11.9 Å². The maximum absolute atomic E-state index is 12.9. The summed E-state index contributed by atoms with van der Waals surface area (Å²) in [5.41, 5.74) is 0.409. The van der Waals surface area contributed by atoms with Gasteiger partial charge in [0.05, 0.1) is 0 Å². The van der Waals surface area contributed by atoms with Crippen LogP contribution in [0.5, 0.6) is 0 Å². The van der Waals surface area contributed by atoms with E-state index >= 15 is 0 Å². The molecule has 1 atom stereocenters. The van der Waals surface area contributed by atoms with Gasteiger partial charge in [0.1, 0.15) is 5.60 Å². The molecule has 0 saturated carbocycles. The number of hydrogen-bond donors (Lipinski definition) is 2. The number of amides is 1. The first-order chi connectivity index (χ1) is 13.7. The van der Waals surface area contributed by atoms with Crippen LogP contribution < -0.4 is 15.5 Å². The maximum Gasteiger partial charge on any atom is 0.252 e. The average molecular weight is 390 g/mol. The second-order valence-electron chi connectivity index (χ2n) is 8.02. The highest BCUT2D eigenvalue weighted by molar-refractivity contribution is 5.85. The number of anilines is 1. The minimum atomic E-state index is -0.696. The van der Waals surface area contributed by atoms with E-state index in [9.17, 15) is 4.79 Å². The number of carbonyl (C=O) groups excluding carboxylic acids is 1. The largest absolute Gasteiger partial charge is 0.381 e. The average Bonchev–Trinajstić information content (AvgIpc) is 3.23. The van der Waals surface area contributed by atoms with Crippen LogP contribution in [-0.4, -0.2) is 74.0 Å². The number of hydrogen-bond acceptors (Lipinski definition) is 7. The quantitative estimate of drug-likeness (QED) is 0.771. The van der Waals surface area contributed by atoms with Crippen LogP contribution >= 0.6 is 0 Å². The zero-order chi connectivity index (χ0) is 19.4. The first-order valence-corrected chi connectivity index (χ1v) is 10.4. The lowest BCUT2D eigenvalue weighted by atomic mass is 9.90. The SMILES string of the molecule is COC1(C(=O)NC2CCN(c3nccc(C4CCOCC4)n3)C2)CCNCC1. The van der Waals surface area contributed by atoms with Crippen LogP contribution in [0.2, 0.25) is 0 Å². The summed E-state index contributed by atoms with van der Waals surface area (Å²) in [6.07, 6.45) is 6.21. The Kier molecular flexibility index (Phi) is 6.08. The lowest BCUT2D eigenvalue weighted by molar-refractivity contribution is -0.147. The van der Waals surface area contributed by atoms with Crippen LogP contribution in [0.3, 0.4) is 0 Å². The fourth-order valence-electron chi connectivity index (χ4n) is 4.47. The van der Waals surface area contributed by atoms with E-state index in [0.717, 1.165) is 70.3 Å². The molecule has 1 amide bonds. The molecule has 3 aliphatic rings. The van der Waals surface area contributed by atoms with E-state index in [0.29, 0.717) is 18.8 Å². The third-order valence-corrected chi connectivity index (χ3v) is 6.33. The summed E-state index contributed by atoms with van der Waals surface area (Å²) in [6.45, 7) is 4.82. The number of nitrogens with zero attached hydrogens (tertiary/aromatic N) is 3. The molecule has 2 N–H and O–H groups in total. The van der Waals surface area contributed by atoms with Crippen molar-refractivity contribution in [1.82, 2.24) is 20.6 Å². The fourth-order valence-corrected chi connectivity index (χ4v) is 4.47. The van der Waals surface area contributed by atoms with Gasteiger partial charge in [0, 0.05) is 57.3 Å². The summed E-state index contributed by atoms with van der Waals surface area (Å²) in [6, 6.07) is 2.12. The smallest absolute Gasteiger partial charge is 0.252 e. The van der Waals surface area contributed by atoms with Gasteiger partial charge in [-0.1, -0.05) is 0 Å². The van der Waals surface area contributed by atoms with Crippen molar-refractivity contribution < 1.29 is 14.3 Å². The van der Waals surface area contributed by atoms with Gasteiger partial charge in [-0.15, -0.1) is 0 Å². The molecule has 1 unspecified atom stereocenters. The molecule has 0 spiro atoms. The van der Waals surface area contributed by atoms with Gasteiger partial charge >= 0.3 is 0 Å². The first-order valence-electron chi connectivity index (χ1n) is 10.4. The van der Waals surface area contributed by atoms with Crippen molar-refractivity contribution in [3.63, 3.8) is 0 Å². The van der Waals surface area contributed by atoms with Gasteiger partial charge in [-0.25, -0.2) is 9.97 Å². The predicted octanol–water partition coefficient (Wildman–Crippen LogP) is 0.834. The minimum Gasteiger partial charge on any atom is -0.381 e. The Labute approximate surface area is 166 Å². The van der Waals surface area contributed by atoms with Crippen LogP contribution in [0.1, 0.15) is 43.7 Å². The highest BCUT2D eigenvalue weighted by Gasteiger charge is 2.41. The summed E-state index contributed by atoms with van der Waals surface area (Å²) >= 11 is 0. The highest BCUT2D eigenvalue weighted by Crippen LogP contribution is 2.27. The molecule has 3 saturated heterocycles. The molecular weight excluding hydrogens is 358 g/mol. The predicted molar refractivity (Wildman–Crippen MR) is 105 cm³/mol. The Bertz CT molecular complexity index is 674. The number of carbonyl (C=O) groups is 1. The van der Waals surface area contributed by atoms with E-state index in [2.05, 4.69) is 20.5 Å². The number of rotatable bonds is 5. The van der Waals surface area contributed by atoms with Crippen molar-refractivity contribution in [2.24, 2.45) is 0 Å². The van der Waals surface area contributed by atoms with Gasteiger partial charge in [-0.3, -0.25) is 4.79 Å². The van der Waals surface area contributed by atoms with Gasteiger partial charge in [0.25, 0.3) is 5.91 Å². The lowest BCUT2D eigenvalue weighted by Crippen LogP contribution is -2.56. The van der Waals surface area contributed by atoms with Gasteiger partial charge in [-0.2, -0.15) is 0 Å². The summed E-state index contributed by atoms with van der Waals surface area (Å²) < 4.78 is 11.1. The van der Waals surface area contributed by atoms with Crippen molar-refractivity contribution in [2.75, 3.05) is 51.4 Å². The van der Waals surface area contributed by atoms with E-state index < -0.39 is 5.60 Å². The third kappa shape index (κ3) is 4.14. The van der Waals surface area contributed by atoms with Crippen LogP contribution in [0, 0.1) is 0 Å². The fraction of sp³-hybridized carbons (Fsp3) is 0.750. The monoisotopic (exact) mass is 389 g/mol. The second kappa shape index (κ2) is 8.71. The molecule has 154 valence electrons. The number of nitrogens with one attached hydrogen (secondary N) is 2. The van der Waals surface area contributed by atoms with Crippen LogP contribution in [0.15, 0.2) is 12.3 Å². The van der Waals surface area contributed by atoms with E-state index in [1.54, 1.807) is 7.11 Å². The normalized spacial score (nSPS) is 25.6. The molecular formula is C20H31N5O3. The van der Waals surface area contributed by atoms with Crippen molar-refractivity contribution in [3.8, 4) is 0 Å². The third-order valence-electron chi connectivity index (χ3n) is 6.33. The molecule has 28 heavy (non-hydrogen) atoms. The van der Waals surface area contributed by atoms with Crippen molar-refractivity contribution in [3.05, 3.63) is 18.0 Å².